The molecule has 0 radical (unpaired) electrons. The minimum Gasteiger partial charge on any atom is -0.493 e. The average Bonchev–Trinajstić information content (AvgIpc) is 2.89. The summed E-state index contributed by atoms with van der Waals surface area (Å²) in [7, 11) is -4.39. The molecule has 2 aromatic carbocycles. The first-order valence-electron chi connectivity index (χ1n) is 11.8. The number of rotatable bonds is 12. The van der Waals surface area contributed by atoms with E-state index in [0.29, 0.717) is 30.3 Å². The Morgan fingerprint density at radius 3 is 2.19 bits per heavy atom. The summed E-state index contributed by atoms with van der Waals surface area (Å²) in [4.78, 5) is 12.7. The first kappa shape index (κ1) is 28.5. The molecule has 1 saturated heterocycles. The summed E-state index contributed by atoms with van der Waals surface area (Å²) in [6, 6.07) is 10.7. The third kappa shape index (κ3) is 7.49. The summed E-state index contributed by atoms with van der Waals surface area (Å²) in [6.45, 7) is 0.860. The highest BCUT2D eigenvalue weighted by Gasteiger charge is 2.26. The normalized spacial score (nSPS) is 14.6. The van der Waals surface area contributed by atoms with E-state index in [1.54, 1.807) is 18.2 Å². The number of anilines is 1. The number of hydrogen-bond donors (Lipinski definition) is 1. The van der Waals surface area contributed by atoms with Crippen molar-refractivity contribution in [2.24, 2.45) is 0 Å². The third-order valence-corrected chi connectivity index (χ3v) is 8.87. The molecule has 1 heterocycles. The van der Waals surface area contributed by atoms with Gasteiger partial charge in [0.2, 0.25) is 26.0 Å². The van der Waals surface area contributed by atoms with E-state index in [2.05, 4.69) is 5.32 Å². The molecule has 1 amide bonds. The van der Waals surface area contributed by atoms with E-state index in [4.69, 9.17) is 14.2 Å². The highest BCUT2D eigenvalue weighted by molar-refractivity contribution is 7.92. The molecule has 0 aliphatic carbocycles. The van der Waals surface area contributed by atoms with Crippen molar-refractivity contribution in [1.29, 1.82) is 0 Å². The van der Waals surface area contributed by atoms with Crippen molar-refractivity contribution in [3.63, 3.8) is 0 Å². The highest BCUT2D eigenvalue weighted by atomic mass is 32.2. The number of benzene rings is 2. The molecule has 37 heavy (non-hydrogen) atoms. The van der Waals surface area contributed by atoms with Gasteiger partial charge in [-0.25, -0.2) is 16.8 Å². The lowest BCUT2D eigenvalue weighted by Gasteiger charge is -2.25. The Kier molecular flexibility index (Phi) is 9.62. The van der Waals surface area contributed by atoms with Gasteiger partial charge in [0.05, 0.1) is 37.6 Å². The van der Waals surface area contributed by atoms with Gasteiger partial charge in [-0.1, -0.05) is 6.42 Å². The van der Waals surface area contributed by atoms with Gasteiger partial charge in [0.25, 0.3) is 0 Å². The smallest absolute Gasteiger partial charge is 0.243 e. The van der Waals surface area contributed by atoms with Crippen LogP contribution in [0.3, 0.4) is 0 Å². The predicted molar refractivity (Wildman–Crippen MR) is 139 cm³/mol. The molecule has 1 aliphatic rings. The fraction of sp³-hybridized carbons (Fsp3) is 0.458. The van der Waals surface area contributed by atoms with Gasteiger partial charge < -0.3 is 19.5 Å². The maximum absolute atomic E-state index is 12.7. The molecule has 11 nitrogen and oxygen atoms in total. The zero-order chi connectivity index (χ0) is 27.1. The van der Waals surface area contributed by atoms with Crippen molar-refractivity contribution in [3.8, 4) is 17.2 Å². The lowest BCUT2D eigenvalue weighted by atomic mass is 10.2. The van der Waals surface area contributed by atoms with E-state index in [1.165, 1.54) is 42.8 Å². The molecular weight excluding hydrogens is 522 g/mol. The molecule has 0 saturated carbocycles. The third-order valence-electron chi connectivity index (χ3n) is 5.81. The van der Waals surface area contributed by atoms with Crippen molar-refractivity contribution < 1.29 is 35.8 Å². The number of methoxy groups -OCH3 is 2. The number of hydrogen-bond acceptors (Lipinski definition) is 8. The largest absolute Gasteiger partial charge is 0.493 e. The fourth-order valence-corrected chi connectivity index (χ4v) is 6.25. The molecule has 3 rings (SSSR count). The van der Waals surface area contributed by atoms with Crippen LogP contribution in [-0.4, -0.2) is 80.3 Å². The van der Waals surface area contributed by atoms with Crippen molar-refractivity contribution in [2.75, 3.05) is 57.6 Å². The van der Waals surface area contributed by atoms with E-state index in [1.807, 2.05) is 0 Å². The Labute approximate surface area is 218 Å². The SMILES string of the molecule is COc1ccc(N(CC(=O)NCCOc2ccc(S(=O)(=O)N3CCCCC3)cc2)S(C)(=O)=O)cc1OC. The Balaban J connectivity index is 1.53. The molecule has 0 aromatic heterocycles. The summed E-state index contributed by atoms with van der Waals surface area (Å²) in [5.41, 5.74) is 0.256. The van der Waals surface area contributed by atoms with E-state index >= 15 is 0 Å². The molecular formula is C24H33N3O8S2. The average molecular weight is 556 g/mol. The Morgan fingerprint density at radius 2 is 1.59 bits per heavy atom. The van der Waals surface area contributed by atoms with Crippen LogP contribution in [0.5, 0.6) is 17.2 Å². The van der Waals surface area contributed by atoms with Crippen molar-refractivity contribution in [2.45, 2.75) is 24.2 Å². The van der Waals surface area contributed by atoms with Crippen LogP contribution >= 0.6 is 0 Å². The van der Waals surface area contributed by atoms with Crippen LogP contribution in [0.4, 0.5) is 5.69 Å². The Morgan fingerprint density at radius 1 is 0.946 bits per heavy atom. The van der Waals surface area contributed by atoms with Crippen LogP contribution in [0.15, 0.2) is 47.4 Å². The summed E-state index contributed by atoms with van der Waals surface area (Å²) in [5, 5.41) is 2.63. The van der Waals surface area contributed by atoms with Gasteiger partial charge in [-0.2, -0.15) is 4.31 Å². The van der Waals surface area contributed by atoms with Crippen LogP contribution in [0, 0.1) is 0 Å². The summed E-state index contributed by atoms with van der Waals surface area (Å²) < 4.78 is 68.6. The lowest BCUT2D eigenvalue weighted by molar-refractivity contribution is -0.119. The van der Waals surface area contributed by atoms with E-state index in [0.717, 1.165) is 29.8 Å². The van der Waals surface area contributed by atoms with E-state index in [9.17, 15) is 21.6 Å². The highest BCUT2D eigenvalue weighted by Crippen LogP contribution is 2.32. The summed E-state index contributed by atoms with van der Waals surface area (Å²) in [5.74, 6) is 0.692. The molecule has 0 bridgehead atoms. The van der Waals surface area contributed by atoms with Crippen LogP contribution < -0.4 is 23.8 Å². The monoisotopic (exact) mass is 555 g/mol. The van der Waals surface area contributed by atoms with Crippen molar-refractivity contribution in [1.82, 2.24) is 9.62 Å². The summed E-state index contributed by atoms with van der Waals surface area (Å²) in [6.07, 6.45) is 3.78. The van der Waals surface area contributed by atoms with Crippen molar-refractivity contribution in [3.05, 3.63) is 42.5 Å². The van der Waals surface area contributed by atoms with Crippen molar-refractivity contribution >= 4 is 31.6 Å². The lowest BCUT2D eigenvalue weighted by Crippen LogP contribution is -2.41. The Hall–Kier alpha value is -3.03. The predicted octanol–water partition coefficient (Wildman–Crippen LogP) is 1.84. The zero-order valence-corrected chi connectivity index (χ0v) is 22.8. The minimum atomic E-state index is -3.76. The van der Waals surface area contributed by atoms with Crippen LogP contribution in [0.1, 0.15) is 19.3 Å². The molecule has 204 valence electrons. The Bertz CT molecular complexity index is 1280. The minimum absolute atomic E-state index is 0.110. The first-order chi connectivity index (χ1) is 17.6. The maximum atomic E-state index is 12.7. The number of nitrogens with one attached hydrogen (secondary N) is 1. The standard InChI is InChI=1S/C24H33N3O8S2/c1-33-22-12-7-19(17-23(22)34-2)27(36(3,29)30)18-24(28)25-13-16-35-20-8-10-21(11-9-20)37(31,32)26-14-5-4-6-15-26/h7-12,17H,4-6,13-16,18H2,1-3H3,(H,25,28). The summed E-state index contributed by atoms with van der Waals surface area (Å²) >= 11 is 0. The van der Waals surface area contributed by atoms with Gasteiger partial charge in [-0.05, 0) is 49.2 Å². The topological polar surface area (TPSA) is 132 Å². The fourth-order valence-electron chi connectivity index (χ4n) is 3.89. The molecule has 0 spiro atoms. The van der Waals surface area contributed by atoms with Crippen LogP contribution in [-0.2, 0) is 24.8 Å². The van der Waals surface area contributed by atoms with Gasteiger partial charge in [0.15, 0.2) is 11.5 Å². The first-order valence-corrected chi connectivity index (χ1v) is 15.0. The number of amides is 1. The molecule has 2 aromatic rings. The molecule has 0 unspecified atom stereocenters. The molecule has 1 N–H and O–H groups in total. The van der Waals surface area contributed by atoms with E-state index in [-0.39, 0.29) is 23.7 Å². The second-order valence-corrected chi connectivity index (χ2v) is 12.3. The van der Waals surface area contributed by atoms with Crippen LogP contribution in [0.25, 0.3) is 0 Å². The molecule has 1 fully saturated rings. The molecule has 13 heteroatoms. The van der Waals surface area contributed by atoms with Gasteiger partial charge in [0.1, 0.15) is 18.9 Å². The maximum Gasteiger partial charge on any atom is 0.243 e. The number of piperidine rings is 1. The number of ether oxygens (including phenoxy) is 3. The number of sulfonamides is 2. The van der Waals surface area contributed by atoms with Crippen LogP contribution in [0.2, 0.25) is 0 Å². The second kappa shape index (κ2) is 12.5. The van der Waals surface area contributed by atoms with E-state index < -0.39 is 32.5 Å². The number of carbonyl (C=O) groups excluding carboxylic acids is 1. The van der Waals surface area contributed by atoms with Gasteiger partial charge in [-0.3, -0.25) is 9.10 Å². The van der Waals surface area contributed by atoms with Gasteiger partial charge in [0, 0.05) is 19.2 Å². The quantitative estimate of drug-likeness (QED) is 0.393. The number of carbonyl (C=O) groups is 1. The van der Waals surface area contributed by atoms with Gasteiger partial charge in [-0.15, -0.1) is 0 Å². The zero-order valence-electron chi connectivity index (χ0n) is 21.2. The number of nitrogens with zero attached hydrogens (tertiary/aromatic N) is 2. The van der Waals surface area contributed by atoms with Gasteiger partial charge >= 0.3 is 0 Å². The molecule has 0 atom stereocenters. The second-order valence-electron chi connectivity index (χ2n) is 8.44. The molecule has 1 aliphatic heterocycles.